The maximum atomic E-state index is 13.8. The Morgan fingerprint density at radius 1 is 1.27 bits per heavy atom. The van der Waals surface area contributed by atoms with Crippen LogP contribution in [0.3, 0.4) is 0 Å². The third kappa shape index (κ3) is 4.82. The minimum atomic E-state index is -0.423. The molecule has 1 heterocycles. The standard InChI is InChI=1S/C21H26FN3O/c1-15(23-19-8-9-20(22)21(12-19)24-16(2)26)18-10-11-25(14-18)13-17-6-4-3-5-7-17/h3-9,12,15,18,23H,10-11,13-14H2,1-2H3,(H,24,26)/t15-,18-/m0/s1. The normalized spacial score (nSPS) is 18.5. The number of likely N-dealkylation sites (tertiary alicyclic amines) is 1. The molecule has 138 valence electrons. The highest BCUT2D eigenvalue weighted by molar-refractivity contribution is 5.89. The first kappa shape index (κ1) is 18.4. The fourth-order valence-electron chi connectivity index (χ4n) is 3.54. The Balaban J connectivity index is 1.57. The summed E-state index contributed by atoms with van der Waals surface area (Å²) in [5, 5.41) is 5.99. The first-order valence-corrected chi connectivity index (χ1v) is 9.11. The van der Waals surface area contributed by atoms with Gasteiger partial charge in [0.15, 0.2) is 0 Å². The summed E-state index contributed by atoms with van der Waals surface area (Å²) < 4.78 is 13.8. The number of halogens is 1. The van der Waals surface area contributed by atoms with Gasteiger partial charge in [-0.2, -0.15) is 0 Å². The molecular formula is C21H26FN3O. The summed E-state index contributed by atoms with van der Waals surface area (Å²) in [6.45, 7) is 6.66. The van der Waals surface area contributed by atoms with Crippen LogP contribution >= 0.6 is 0 Å². The molecule has 5 heteroatoms. The van der Waals surface area contributed by atoms with Gasteiger partial charge in [0.2, 0.25) is 5.91 Å². The molecular weight excluding hydrogens is 329 g/mol. The highest BCUT2D eigenvalue weighted by Crippen LogP contribution is 2.26. The van der Waals surface area contributed by atoms with Crippen molar-refractivity contribution < 1.29 is 9.18 Å². The number of hydrogen-bond donors (Lipinski definition) is 2. The maximum absolute atomic E-state index is 13.8. The molecule has 0 aromatic heterocycles. The smallest absolute Gasteiger partial charge is 0.221 e. The predicted molar refractivity (Wildman–Crippen MR) is 104 cm³/mol. The fraction of sp³-hybridized carbons (Fsp3) is 0.381. The van der Waals surface area contributed by atoms with E-state index in [-0.39, 0.29) is 17.6 Å². The van der Waals surface area contributed by atoms with Gasteiger partial charge in [0, 0.05) is 31.7 Å². The highest BCUT2D eigenvalue weighted by atomic mass is 19.1. The first-order valence-electron chi connectivity index (χ1n) is 9.11. The lowest BCUT2D eigenvalue weighted by molar-refractivity contribution is -0.114. The second-order valence-corrected chi connectivity index (χ2v) is 7.08. The number of amides is 1. The van der Waals surface area contributed by atoms with Crippen LogP contribution in [0.25, 0.3) is 0 Å². The van der Waals surface area contributed by atoms with Gasteiger partial charge in [0.25, 0.3) is 0 Å². The lowest BCUT2D eigenvalue weighted by Crippen LogP contribution is -2.29. The number of anilines is 2. The van der Waals surface area contributed by atoms with E-state index in [0.717, 1.165) is 31.7 Å². The molecule has 0 saturated carbocycles. The molecule has 1 amide bonds. The topological polar surface area (TPSA) is 44.4 Å². The number of benzene rings is 2. The Kier molecular flexibility index (Phi) is 5.89. The Bertz CT molecular complexity index is 750. The minimum Gasteiger partial charge on any atom is -0.382 e. The number of rotatable bonds is 6. The molecule has 0 unspecified atom stereocenters. The van der Waals surface area contributed by atoms with Crippen molar-refractivity contribution >= 4 is 17.3 Å². The Labute approximate surface area is 154 Å². The van der Waals surface area contributed by atoms with Crippen molar-refractivity contribution in [2.45, 2.75) is 32.9 Å². The largest absolute Gasteiger partial charge is 0.382 e. The van der Waals surface area contributed by atoms with Crippen molar-refractivity contribution in [1.82, 2.24) is 4.90 Å². The summed E-state index contributed by atoms with van der Waals surface area (Å²) in [4.78, 5) is 13.7. The minimum absolute atomic E-state index is 0.215. The van der Waals surface area contributed by atoms with Crippen LogP contribution in [-0.4, -0.2) is 29.9 Å². The van der Waals surface area contributed by atoms with E-state index in [2.05, 4.69) is 46.7 Å². The van der Waals surface area contributed by atoms with Crippen molar-refractivity contribution in [2.75, 3.05) is 23.7 Å². The van der Waals surface area contributed by atoms with Gasteiger partial charge < -0.3 is 10.6 Å². The maximum Gasteiger partial charge on any atom is 0.221 e. The number of carbonyl (C=O) groups excluding carboxylic acids is 1. The van der Waals surface area contributed by atoms with Crippen molar-refractivity contribution in [3.05, 3.63) is 59.9 Å². The van der Waals surface area contributed by atoms with E-state index < -0.39 is 5.82 Å². The molecule has 2 atom stereocenters. The van der Waals surface area contributed by atoms with Crippen LogP contribution < -0.4 is 10.6 Å². The molecule has 0 spiro atoms. The molecule has 1 aliphatic rings. The van der Waals surface area contributed by atoms with Gasteiger partial charge in [0.05, 0.1) is 5.69 Å². The van der Waals surface area contributed by atoms with Gasteiger partial charge in [-0.3, -0.25) is 9.69 Å². The quantitative estimate of drug-likeness (QED) is 0.820. The molecule has 1 fully saturated rings. The van der Waals surface area contributed by atoms with Crippen molar-refractivity contribution in [3.63, 3.8) is 0 Å². The lowest BCUT2D eigenvalue weighted by atomic mass is 10.0. The molecule has 26 heavy (non-hydrogen) atoms. The van der Waals surface area contributed by atoms with E-state index in [1.54, 1.807) is 12.1 Å². The van der Waals surface area contributed by atoms with E-state index in [0.29, 0.717) is 5.92 Å². The Hall–Kier alpha value is -2.40. The van der Waals surface area contributed by atoms with Gasteiger partial charge in [-0.25, -0.2) is 4.39 Å². The van der Waals surface area contributed by atoms with Gasteiger partial charge >= 0.3 is 0 Å². The zero-order chi connectivity index (χ0) is 18.5. The van der Waals surface area contributed by atoms with E-state index >= 15 is 0 Å². The first-order chi connectivity index (χ1) is 12.5. The summed E-state index contributed by atoms with van der Waals surface area (Å²) in [6, 6.07) is 15.6. The zero-order valence-electron chi connectivity index (χ0n) is 15.3. The SMILES string of the molecule is CC(=O)Nc1cc(N[C@@H](C)[C@H]2CCN(Cc3ccccc3)C2)ccc1F. The average molecular weight is 355 g/mol. The van der Waals surface area contributed by atoms with E-state index in [1.165, 1.54) is 18.6 Å². The van der Waals surface area contributed by atoms with Crippen LogP contribution in [0.5, 0.6) is 0 Å². The molecule has 0 radical (unpaired) electrons. The third-order valence-corrected chi connectivity index (χ3v) is 4.94. The molecule has 1 saturated heterocycles. The highest BCUT2D eigenvalue weighted by Gasteiger charge is 2.27. The van der Waals surface area contributed by atoms with Crippen LogP contribution in [0.1, 0.15) is 25.8 Å². The summed E-state index contributed by atoms with van der Waals surface area (Å²) in [7, 11) is 0. The second kappa shape index (κ2) is 8.32. The number of hydrogen-bond acceptors (Lipinski definition) is 3. The summed E-state index contributed by atoms with van der Waals surface area (Å²) in [5.74, 6) is -0.164. The van der Waals surface area contributed by atoms with Crippen LogP contribution in [0.15, 0.2) is 48.5 Å². The van der Waals surface area contributed by atoms with E-state index in [4.69, 9.17) is 0 Å². The molecule has 1 aliphatic heterocycles. The molecule has 4 nitrogen and oxygen atoms in total. The van der Waals surface area contributed by atoms with Crippen molar-refractivity contribution in [1.29, 1.82) is 0 Å². The number of nitrogens with one attached hydrogen (secondary N) is 2. The van der Waals surface area contributed by atoms with Gasteiger partial charge in [-0.1, -0.05) is 30.3 Å². The molecule has 3 rings (SSSR count). The van der Waals surface area contributed by atoms with Crippen LogP contribution in [-0.2, 0) is 11.3 Å². The number of carbonyl (C=O) groups is 1. The summed E-state index contributed by atoms with van der Waals surface area (Å²) in [6.07, 6.45) is 1.14. The van der Waals surface area contributed by atoms with E-state index in [1.807, 2.05) is 6.07 Å². The zero-order valence-corrected chi connectivity index (χ0v) is 15.3. The van der Waals surface area contributed by atoms with Crippen molar-refractivity contribution in [3.8, 4) is 0 Å². The van der Waals surface area contributed by atoms with Crippen molar-refractivity contribution in [2.24, 2.45) is 5.92 Å². The summed E-state index contributed by atoms with van der Waals surface area (Å²) >= 11 is 0. The molecule has 2 aromatic rings. The van der Waals surface area contributed by atoms with Gasteiger partial charge in [-0.05, 0) is 49.6 Å². The summed E-state index contributed by atoms with van der Waals surface area (Å²) in [5.41, 5.74) is 2.38. The second-order valence-electron chi connectivity index (χ2n) is 7.08. The van der Waals surface area contributed by atoms with Crippen LogP contribution in [0.4, 0.5) is 15.8 Å². The predicted octanol–water partition coefficient (Wildman–Crippen LogP) is 4.11. The van der Waals surface area contributed by atoms with Crippen LogP contribution in [0.2, 0.25) is 0 Å². The van der Waals surface area contributed by atoms with E-state index in [9.17, 15) is 9.18 Å². The lowest BCUT2D eigenvalue weighted by Gasteiger charge is -2.23. The molecule has 2 N–H and O–H groups in total. The third-order valence-electron chi connectivity index (χ3n) is 4.94. The molecule has 0 aliphatic carbocycles. The van der Waals surface area contributed by atoms with Gasteiger partial charge in [0.1, 0.15) is 5.82 Å². The molecule has 2 aromatic carbocycles. The number of nitrogens with zero attached hydrogens (tertiary/aromatic N) is 1. The Morgan fingerprint density at radius 2 is 2.04 bits per heavy atom. The van der Waals surface area contributed by atoms with Crippen LogP contribution in [0, 0.1) is 11.7 Å². The Morgan fingerprint density at radius 3 is 2.77 bits per heavy atom. The monoisotopic (exact) mass is 355 g/mol. The average Bonchev–Trinajstić information content (AvgIpc) is 3.07. The fourth-order valence-corrected chi connectivity index (χ4v) is 3.54. The molecule has 0 bridgehead atoms. The van der Waals surface area contributed by atoms with Gasteiger partial charge in [-0.15, -0.1) is 0 Å².